The van der Waals surface area contributed by atoms with Gasteiger partial charge in [-0.15, -0.1) is 0 Å². The van der Waals surface area contributed by atoms with Gasteiger partial charge in [-0.3, -0.25) is 4.79 Å². The zero-order valence-electron chi connectivity index (χ0n) is 11.5. The van der Waals surface area contributed by atoms with Crippen LogP contribution in [0, 0.1) is 5.41 Å². The van der Waals surface area contributed by atoms with E-state index >= 15 is 0 Å². The quantitative estimate of drug-likeness (QED) is 0.560. The predicted octanol–water partition coefficient (Wildman–Crippen LogP) is 3.84. The first-order valence-electron chi connectivity index (χ1n) is 6.85. The van der Waals surface area contributed by atoms with Crippen molar-refractivity contribution in [3.8, 4) is 0 Å². The summed E-state index contributed by atoms with van der Waals surface area (Å²) >= 11 is 0. The van der Waals surface area contributed by atoms with Gasteiger partial charge in [0.1, 0.15) is 0 Å². The van der Waals surface area contributed by atoms with E-state index in [0.717, 1.165) is 19.3 Å². The summed E-state index contributed by atoms with van der Waals surface area (Å²) < 4.78 is 0. The van der Waals surface area contributed by atoms with Crippen molar-refractivity contribution in [2.45, 2.75) is 46.0 Å². The molecular weight excluding hydrogens is 224 g/mol. The van der Waals surface area contributed by atoms with Crippen molar-refractivity contribution >= 4 is 5.78 Å². The molecule has 2 heteroatoms. The van der Waals surface area contributed by atoms with Gasteiger partial charge in [0, 0.05) is 5.56 Å². The average Bonchev–Trinajstić information content (AvgIpc) is 2.43. The van der Waals surface area contributed by atoms with Gasteiger partial charge in [-0.25, -0.2) is 0 Å². The van der Waals surface area contributed by atoms with E-state index in [1.165, 1.54) is 12.8 Å². The first-order chi connectivity index (χ1) is 8.64. The Bertz CT molecular complexity index is 359. The summed E-state index contributed by atoms with van der Waals surface area (Å²) in [5, 5.41) is 9.55. The summed E-state index contributed by atoms with van der Waals surface area (Å²) in [6.45, 7) is 3.96. The Hall–Kier alpha value is -1.15. The van der Waals surface area contributed by atoms with Crippen LogP contribution in [-0.2, 0) is 0 Å². The zero-order valence-corrected chi connectivity index (χ0v) is 11.5. The Labute approximate surface area is 110 Å². The third-order valence-corrected chi connectivity index (χ3v) is 3.52. The Kier molecular flexibility index (Phi) is 6.06. The van der Waals surface area contributed by atoms with E-state index in [0.29, 0.717) is 5.56 Å². The van der Waals surface area contributed by atoms with Crippen LogP contribution < -0.4 is 0 Å². The lowest BCUT2D eigenvalue weighted by molar-refractivity contribution is 0.0655. The normalized spacial score (nSPS) is 14.2. The fourth-order valence-corrected chi connectivity index (χ4v) is 2.14. The molecule has 0 saturated carbocycles. The maximum Gasteiger partial charge on any atom is 0.171 e. The fourth-order valence-electron chi connectivity index (χ4n) is 2.14. The van der Waals surface area contributed by atoms with Gasteiger partial charge >= 0.3 is 0 Å². The first-order valence-corrected chi connectivity index (χ1v) is 6.85. The smallest absolute Gasteiger partial charge is 0.171 e. The average molecular weight is 248 g/mol. The zero-order chi connectivity index (χ0) is 13.4. The van der Waals surface area contributed by atoms with Crippen molar-refractivity contribution in [2.24, 2.45) is 5.41 Å². The molecule has 0 heterocycles. The molecule has 1 aromatic rings. The number of ketones is 1. The molecule has 0 amide bonds. The highest BCUT2D eigenvalue weighted by molar-refractivity contribution is 6.00. The standard InChI is InChI=1S/C16H24O2/c1-3-4-5-9-12-16(2,13-17)15(18)14-10-7-6-8-11-14/h6-8,10-11,17H,3-5,9,12-13H2,1-2H3. The number of aliphatic hydroxyl groups excluding tert-OH is 1. The van der Waals surface area contributed by atoms with Crippen LogP contribution in [0.1, 0.15) is 56.3 Å². The summed E-state index contributed by atoms with van der Waals surface area (Å²) in [7, 11) is 0. The van der Waals surface area contributed by atoms with Gasteiger partial charge in [-0.05, 0) is 6.42 Å². The van der Waals surface area contributed by atoms with Crippen LogP contribution in [0.25, 0.3) is 0 Å². The molecule has 100 valence electrons. The van der Waals surface area contributed by atoms with E-state index in [1.54, 1.807) is 0 Å². The third kappa shape index (κ3) is 3.95. The van der Waals surface area contributed by atoms with Gasteiger partial charge in [0.2, 0.25) is 0 Å². The van der Waals surface area contributed by atoms with E-state index < -0.39 is 5.41 Å². The molecule has 0 aliphatic rings. The molecular formula is C16H24O2. The predicted molar refractivity (Wildman–Crippen MR) is 74.7 cm³/mol. The van der Waals surface area contributed by atoms with E-state index in [2.05, 4.69) is 6.92 Å². The van der Waals surface area contributed by atoms with E-state index in [-0.39, 0.29) is 12.4 Å². The Morgan fingerprint density at radius 3 is 2.39 bits per heavy atom. The van der Waals surface area contributed by atoms with Gasteiger partial charge in [0.25, 0.3) is 0 Å². The molecule has 1 atom stereocenters. The topological polar surface area (TPSA) is 37.3 Å². The van der Waals surface area contributed by atoms with Crippen LogP contribution in [-0.4, -0.2) is 17.5 Å². The molecule has 1 N–H and O–H groups in total. The van der Waals surface area contributed by atoms with E-state index in [1.807, 2.05) is 37.3 Å². The number of unbranched alkanes of at least 4 members (excludes halogenated alkanes) is 3. The van der Waals surface area contributed by atoms with Crippen LogP contribution >= 0.6 is 0 Å². The first kappa shape index (κ1) is 14.9. The molecule has 0 fully saturated rings. The fraction of sp³-hybridized carbons (Fsp3) is 0.562. The second-order valence-corrected chi connectivity index (χ2v) is 5.22. The lowest BCUT2D eigenvalue weighted by Crippen LogP contribution is -2.31. The second-order valence-electron chi connectivity index (χ2n) is 5.22. The van der Waals surface area contributed by atoms with Gasteiger partial charge in [-0.2, -0.15) is 0 Å². The minimum atomic E-state index is -0.630. The molecule has 1 aromatic carbocycles. The number of carbonyl (C=O) groups is 1. The molecule has 2 nitrogen and oxygen atoms in total. The second kappa shape index (κ2) is 7.32. The van der Waals surface area contributed by atoms with Crippen LogP contribution in [0.2, 0.25) is 0 Å². The summed E-state index contributed by atoms with van der Waals surface area (Å²) in [5.74, 6) is 0.0575. The summed E-state index contributed by atoms with van der Waals surface area (Å²) in [4.78, 5) is 12.4. The molecule has 0 aromatic heterocycles. The summed E-state index contributed by atoms with van der Waals surface area (Å²) in [6.07, 6.45) is 5.28. The lowest BCUT2D eigenvalue weighted by Gasteiger charge is -2.25. The van der Waals surface area contributed by atoms with Crippen molar-refractivity contribution in [2.75, 3.05) is 6.61 Å². The Balaban J connectivity index is 2.66. The Morgan fingerprint density at radius 1 is 1.17 bits per heavy atom. The molecule has 1 unspecified atom stereocenters. The minimum Gasteiger partial charge on any atom is -0.395 e. The number of benzene rings is 1. The van der Waals surface area contributed by atoms with Gasteiger partial charge in [-0.1, -0.05) is 69.9 Å². The largest absolute Gasteiger partial charge is 0.395 e. The maximum atomic E-state index is 12.4. The van der Waals surface area contributed by atoms with Crippen molar-refractivity contribution in [3.05, 3.63) is 35.9 Å². The summed E-state index contributed by atoms with van der Waals surface area (Å²) in [5.41, 5.74) is 0.0688. The molecule has 0 saturated heterocycles. The van der Waals surface area contributed by atoms with Gasteiger partial charge in [0.15, 0.2) is 5.78 Å². The highest BCUT2D eigenvalue weighted by atomic mass is 16.3. The minimum absolute atomic E-state index is 0.0575. The number of hydrogen-bond acceptors (Lipinski definition) is 2. The molecule has 0 aliphatic carbocycles. The van der Waals surface area contributed by atoms with Crippen molar-refractivity contribution in [1.29, 1.82) is 0 Å². The van der Waals surface area contributed by atoms with Crippen molar-refractivity contribution in [1.82, 2.24) is 0 Å². The highest BCUT2D eigenvalue weighted by Crippen LogP contribution is 2.28. The molecule has 0 spiro atoms. The van der Waals surface area contributed by atoms with E-state index in [9.17, 15) is 9.90 Å². The number of rotatable bonds is 8. The van der Waals surface area contributed by atoms with E-state index in [4.69, 9.17) is 0 Å². The third-order valence-electron chi connectivity index (χ3n) is 3.52. The number of hydrogen-bond donors (Lipinski definition) is 1. The SMILES string of the molecule is CCCCCCC(C)(CO)C(=O)c1ccccc1. The highest BCUT2D eigenvalue weighted by Gasteiger charge is 2.32. The van der Waals surface area contributed by atoms with Crippen LogP contribution in [0.5, 0.6) is 0 Å². The van der Waals surface area contributed by atoms with Crippen molar-refractivity contribution < 1.29 is 9.90 Å². The van der Waals surface area contributed by atoms with Crippen LogP contribution in [0.4, 0.5) is 0 Å². The molecule has 0 aliphatic heterocycles. The maximum absolute atomic E-state index is 12.4. The number of carbonyl (C=O) groups excluding carboxylic acids is 1. The monoisotopic (exact) mass is 248 g/mol. The van der Waals surface area contributed by atoms with Crippen molar-refractivity contribution in [3.63, 3.8) is 0 Å². The van der Waals surface area contributed by atoms with Gasteiger partial charge < -0.3 is 5.11 Å². The number of aliphatic hydroxyl groups is 1. The lowest BCUT2D eigenvalue weighted by atomic mass is 9.78. The van der Waals surface area contributed by atoms with Crippen LogP contribution in [0.15, 0.2) is 30.3 Å². The number of Topliss-reactive ketones (excluding diaryl/α,β-unsaturated/α-hetero) is 1. The Morgan fingerprint density at radius 2 is 1.83 bits per heavy atom. The summed E-state index contributed by atoms with van der Waals surface area (Å²) in [6, 6.07) is 9.27. The molecule has 1 rings (SSSR count). The van der Waals surface area contributed by atoms with Gasteiger partial charge in [0.05, 0.1) is 12.0 Å². The molecule has 0 radical (unpaired) electrons. The molecule has 18 heavy (non-hydrogen) atoms. The van der Waals surface area contributed by atoms with Crippen LogP contribution in [0.3, 0.4) is 0 Å². The molecule has 0 bridgehead atoms.